The average Bonchev–Trinajstić information content (AvgIpc) is 2.83. The number of carbonyl (C=O) groups is 3. The van der Waals surface area contributed by atoms with Gasteiger partial charge in [0.25, 0.3) is 11.1 Å². The molecule has 9 heteroatoms. The molecule has 24 heavy (non-hydrogen) atoms. The van der Waals surface area contributed by atoms with Gasteiger partial charge in [-0.3, -0.25) is 14.5 Å². The Labute approximate surface area is 150 Å². The van der Waals surface area contributed by atoms with Crippen molar-refractivity contribution in [3.63, 3.8) is 0 Å². The summed E-state index contributed by atoms with van der Waals surface area (Å²) in [6.45, 7) is 1.42. The van der Waals surface area contributed by atoms with Crippen LogP contribution in [0.1, 0.15) is 12.5 Å². The number of phenols is 1. The lowest BCUT2D eigenvalue weighted by molar-refractivity contribution is -0.148. The van der Waals surface area contributed by atoms with Crippen molar-refractivity contribution in [2.24, 2.45) is 0 Å². The molecular weight excluding hydrogens is 402 g/mol. The van der Waals surface area contributed by atoms with Crippen molar-refractivity contribution in [2.45, 2.75) is 13.0 Å². The van der Waals surface area contributed by atoms with E-state index in [-0.39, 0.29) is 16.4 Å². The highest BCUT2D eigenvalue weighted by Crippen LogP contribution is 2.38. The van der Waals surface area contributed by atoms with Crippen LogP contribution in [0.5, 0.6) is 11.5 Å². The van der Waals surface area contributed by atoms with Crippen molar-refractivity contribution in [3.05, 3.63) is 27.1 Å². The molecule has 0 unspecified atom stereocenters. The fourth-order valence-corrected chi connectivity index (χ4v) is 3.44. The number of imide groups is 1. The molecule has 7 nitrogen and oxygen atoms in total. The zero-order valence-corrected chi connectivity index (χ0v) is 15.4. The quantitative estimate of drug-likeness (QED) is 0.596. The number of hydrogen-bond acceptors (Lipinski definition) is 7. The topological polar surface area (TPSA) is 93.1 Å². The summed E-state index contributed by atoms with van der Waals surface area (Å²) in [5.41, 5.74) is 0.549. The van der Waals surface area contributed by atoms with Crippen molar-refractivity contribution in [1.29, 1.82) is 0 Å². The van der Waals surface area contributed by atoms with Crippen LogP contribution < -0.4 is 4.74 Å². The number of methoxy groups -OCH3 is 2. The molecular formula is C15H14BrNO6S. The van der Waals surface area contributed by atoms with Gasteiger partial charge < -0.3 is 14.6 Å². The van der Waals surface area contributed by atoms with E-state index in [4.69, 9.17) is 4.74 Å². The van der Waals surface area contributed by atoms with Crippen LogP contribution in [0, 0.1) is 0 Å². The van der Waals surface area contributed by atoms with Crippen molar-refractivity contribution in [3.8, 4) is 11.5 Å². The smallest absolute Gasteiger partial charge is 0.328 e. The number of carbonyl (C=O) groups excluding carboxylic acids is 3. The number of amides is 2. The Kier molecular flexibility index (Phi) is 5.55. The van der Waals surface area contributed by atoms with E-state index in [1.165, 1.54) is 33.3 Å². The van der Waals surface area contributed by atoms with Gasteiger partial charge in [-0.05, 0) is 58.4 Å². The number of rotatable bonds is 4. The predicted octanol–water partition coefficient (Wildman–Crippen LogP) is 2.76. The fraction of sp³-hybridized carbons (Fsp3) is 0.267. The molecule has 0 bridgehead atoms. The summed E-state index contributed by atoms with van der Waals surface area (Å²) in [4.78, 5) is 37.0. The number of halogens is 1. The van der Waals surface area contributed by atoms with Gasteiger partial charge in [0.05, 0.1) is 23.6 Å². The maximum absolute atomic E-state index is 12.4. The van der Waals surface area contributed by atoms with Crippen LogP contribution in [-0.2, 0) is 14.3 Å². The third-order valence-electron chi connectivity index (χ3n) is 3.32. The Morgan fingerprint density at radius 2 is 2.04 bits per heavy atom. The zero-order valence-electron chi connectivity index (χ0n) is 13.0. The maximum Gasteiger partial charge on any atom is 0.328 e. The minimum Gasteiger partial charge on any atom is -0.503 e. The normalized spacial score (nSPS) is 17.3. The average molecular weight is 416 g/mol. The van der Waals surface area contributed by atoms with Crippen LogP contribution in [0.2, 0.25) is 0 Å². The molecule has 0 radical (unpaired) electrons. The molecule has 1 aliphatic rings. The van der Waals surface area contributed by atoms with E-state index in [0.717, 1.165) is 16.7 Å². The number of hydrogen-bond donors (Lipinski definition) is 1. The van der Waals surface area contributed by atoms with Crippen molar-refractivity contribution >= 4 is 50.9 Å². The van der Waals surface area contributed by atoms with Gasteiger partial charge in [-0.2, -0.15) is 0 Å². The number of benzene rings is 1. The van der Waals surface area contributed by atoms with Gasteiger partial charge in [0.2, 0.25) is 0 Å². The zero-order chi connectivity index (χ0) is 18.0. The number of aromatic hydroxyl groups is 1. The van der Waals surface area contributed by atoms with Crippen molar-refractivity contribution < 1.29 is 29.0 Å². The standard InChI is InChI=1S/C15H14BrNO6S/c1-7(14(20)23-3)17-13(19)11(24-15(17)21)6-8-4-9(16)12(18)10(5-8)22-2/h4-7,18H,1-3H3/b11-6+/t7-/m1/s1. The molecule has 1 aromatic rings. The molecule has 1 aliphatic heterocycles. The number of thioether (sulfide) groups is 1. The largest absolute Gasteiger partial charge is 0.503 e. The molecule has 0 aromatic heterocycles. The summed E-state index contributed by atoms with van der Waals surface area (Å²) >= 11 is 3.92. The first kappa shape index (κ1) is 18.3. The van der Waals surface area contributed by atoms with Crippen molar-refractivity contribution in [2.75, 3.05) is 14.2 Å². The summed E-state index contributed by atoms with van der Waals surface area (Å²) < 4.78 is 10.00. The highest BCUT2D eigenvalue weighted by Gasteiger charge is 2.41. The molecule has 0 spiro atoms. The minimum absolute atomic E-state index is 0.0675. The van der Waals surface area contributed by atoms with E-state index < -0.39 is 23.2 Å². The van der Waals surface area contributed by atoms with Crippen LogP contribution in [0.4, 0.5) is 4.79 Å². The Morgan fingerprint density at radius 3 is 2.62 bits per heavy atom. The SMILES string of the molecule is COC(=O)[C@@H](C)N1C(=O)S/C(=C/c2cc(Br)c(O)c(OC)c2)C1=O. The monoisotopic (exact) mass is 415 g/mol. The molecule has 128 valence electrons. The lowest BCUT2D eigenvalue weighted by Gasteiger charge is -2.18. The summed E-state index contributed by atoms with van der Waals surface area (Å²) in [6, 6.07) is 2.10. The van der Waals surface area contributed by atoms with Gasteiger partial charge >= 0.3 is 5.97 Å². The summed E-state index contributed by atoms with van der Waals surface area (Å²) in [5.74, 6) is -1.10. The first-order valence-electron chi connectivity index (χ1n) is 6.71. The Morgan fingerprint density at radius 1 is 1.38 bits per heavy atom. The molecule has 1 heterocycles. The van der Waals surface area contributed by atoms with Crippen LogP contribution in [-0.4, -0.2) is 47.4 Å². The lowest BCUT2D eigenvalue weighted by Crippen LogP contribution is -2.42. The number of ether oxygens (including phenoxy) is 2. The summed E-state index contributed by atoms with van der Waals surface area (Å²) in [6.07, 6.45) is 1.49. The Bertz CT molecular complexity index is 748. The van der Waals surface area contributed by atoms with Crippen LogP contribution in [0.25, 0.3) is 6.08 Å². The van der Waals surface area contributed by atoms with Crippen LogP contribution >= 0.6 is 27.7 Å². The molecule has 0 aliphatic carbocycles. The summed E-state index contributed by atoms with van der Waals surface area (Å²) in [7, 11) is 2.59. The first-order chi connectivity index (χ1) is 11.3. The van der Waals surface area contributed by atoms with Gasteiger partial charge in [-0.15, -0.1) is 0 Å². The molecule has 2 amide bonds. The highest BCUT2D eigenvalue weighted by molar-refractivity contribution is 9.10. The predicted molar refractivity (Wildman–Crippen MR) is 91.6 cm³/mol. The van der Waals surface area contributed by atoms with Gasteiger partial charge in [0.15, 0.2) is 11.5 Å². The Balaban J connectivity index is 2.36. The third kappa shape index (κ3) is 3.41. The second-order valence-electron chi connectivity index (χ2n) is 4.80. The maximum atomic E-state index is 12.4. The van der Waals surface area contributed by atoms with E-state index in [0.29, 0.717) is 10.0 Å². The van der Waals surface area contributed by atoms with Gasteiger partial charge in [-0.1, -0.05) is 0 Å². The Hall–Kier alpha value is -2.00. The molecule has 0 saturated carbocycles. The fourth-order valence-electron chi connectivity index (χ4n) is 2.07. The second kappa shape index (κ2) is 7.27. The number of phenolic OH excluding ortho intramolecular Hbond substituents is 1. The highest BCUT2D eigenvalue weighted by atomic mass is 79.9. The van der Waals surface area contributed by atoms with E-state index in [1.54, 1.807) is 6.07 Å². The molecule has 1 saturated heterocycles. The van der Waals surface area contributed by atoms with Crippen LogP contribution in [0.3, 0.4) is 0 Å². The molecule has 2 rings (SSSR count). The third-order valence-corrected chi connectivity index (χ3v) is 4.81. The number of nitrogens with zero attached hydrogens (tertiary/aromatic N) is 1. The van der Waals surface area contributed by atoms with E-state index >= 15 is 0 Å². The minimum atomic E-state index is -1.01. The second-order valence-corrected chi connectivity index (χ2v) is 6.65. The summed E-state index contributed by atoms with van der Waals surface area (Å²) in [5, 5.41) is 9.25. The van der Waals surface area contributed by atoms with Crippen molar-refractivity contribution in [1.82, 2.24) is 4.90 Å². The molecule has 1 N–H and O–H groups in total. The molecule has 1 atom stereocenters. The lowest BCUT2D eigenvalue weighted by atomic mass is 10.1. The first-order valence-corrected chi connectivity index (χ1v) is 8.32. The van der Waals surface area contributed by atoms with Gasteiger partial charge in [0, 0.05) is 0 Å². The van der Waals surface area contributed by atoms with E-state index in [1.807, 2.05) is 0 Å². The molecule has 1 fully saturated rings. The number of esters is 1. The van der Waals surface area contributed by atoms with Gasteiger partial charge in [-0.25, -0.2) is 4.79 Å². The van der Waals surface area contributed by atoms with E-state index in [9.17, 15) is 19.5 Å². The van der Waals surface area contributed by atoms with Crippen LogP contribution in [0.15, 0.2) is 21.5 Å². The van der Waals surface area contributed by atoms with Gasteiger partial charge in [0.1, 0.15) is 6.04 Å². The molecule has 1 aromatic carbocycles. The van der Waals surface area contributed by atoms with E-state index in [2.05, 4.69) is 20.7 Å².